The zero-order chi connectivity index (χ0) is 23.5. The summed E-state index contributed by atoms with van der Waals surface area (Å²) in [5.74, 6) is -0.0155. The van der Waals surface area contributed by atoms with Crippen molar-refractivity contribution >= 4 is 28.6 Å². The first-order valence-electron chi connectivity index (χ1n) is 10.4. The van der Waals surface area contributed by atoms with Gasteiger partial charge in [-0.15, -0.1) is 0 Å². The van der Waals surface area contributed by atoms with E-state index in [0.29, 0.717) is 23.4 Å². The summed E-state index contributed by atoms with van der Waals surface area (Å²) in [6, 6.07) is 8.96. The molecule has 170 valence electrons. The Morgan fingerprint density at radius 3 is 2.27 bits per heavy atom. The molecular weight excluding hydrogens is 376 g/mol. The minimum Gasteiger partial charge on any atom is -0.398 e. The van der Waals surface area contributed by atoms with Crippen molar-refractivity contribution in [3.63, 3.8) is 0 Å². The first-order chi connectivity index (χ1) is 14.5. The number of aromatic nitrogens is 2. The normalized spacial score (nSPS) is 8.67. The molecule has 0 atom stereocenters. The van der Waals surface area contributed by atoms with E-state index < -0.39 is 0 Å². The number of benzene rings is 1. The predicted octanol–water partition coefficient (Wildman–Crippen LogP) is 6.75. The number of nitrogens with two attached hydrogens (primary N) is 1. The SMILES string of the molecule is CC.CC.CC.CC(=O)c1ccc(C=N)c(N)c1.COCc1cc2ccncc2[nH]1.[HH].[HH]. The number of aromatic amines is 1. The lowest BCUT2D eigenvalue weighted by molar-refractivity contribution is 0.101. The fraction of sp³-hybridized carbons (Fsp3) is 0.375. The van der Waals surface area contributed by atoms with Crippen LogP contribution >= 0.6 is 0 Å². The van der Waals surface area contributed by atoms with E-state index in [1.807, 2.05) is 53.8 Å². The van der Waals surface area contributed by atoms with E-state index in [-0.39, 0.29) is 8.64 Å². The number of carbonyl (C=O) groups excluding carboxylic acids is 1. The van der Waals surface area contributed by atoms with Crippen molar-refractivity contribution < 1.29 is 12.4 Å². The van der Waals surface area contributed by atoms with Gasteiger partial charge in [-0.1, -0.05) is 53.7 Å². The van der Waals surface area contributed by atoms with Gasteiger partial charge in [-0.05, 0) is 25.1 Å². The van der Waals surface area contributed by atoms with Crippen LogP contribution in [0, 0.1) is 5.41 Å². The zero-order valence-corrected chi connectivity index (χ0v) is 19.7. The maximum absolute atomic E-state index is 10.9. The second-order valence-electron chi connectivity index (χ2n) is 5.23. The monoisotopic (exact) mass is 418 g/mol. The van der Waals surface area contributed by atoms with Crippen molar-refractivity contribution in [3.8, 4) is 0 Å². The smallest absolute Gasteiger partial charge is 0.159 e. The fourth-order valence-corrected chi connectivity index (χ4v) is 2.19. The van der Waals surface area contributed by atoms with Crippen LogP contribution in [0.5, 0.6) is 0 Å². The number of nitrogens with zero attached hydrogens (tertiary/aromatic N) is 1. The molecule has 0 radical (unpaired) electrons. The average Bonchev–Trinajstić information content (AvgIpc) is 3.21. The molecule has 3 aromatic rings. The largest absolute Gasteiger partial charge is 0.398 e. The quantitative estimate of drug-likeness (QED) is 0.247. The highest BCUT2D eigenvalue weighted by Gasteiger charge is 2.01. The third kappa shape index (κ3) is 9.98. The van der Waals surface area contributed by atoms with Gasteiger partial charge in [-0.3, -0.25) is 9.78 Å². The van der Waals surface area contributed by atoms with Crippen molar-refractivity contribution in [2.24, 2.45) is 0 Å². The molecule has 0 aliphatic heterocycles. The number of H-pyrrole nitrogens is 1. The van der Waals surface area contributed by atoms with Crippen molar-refractivity contribution in [3.05, 3.63) is 59.5 Å². The van der Waals surface area contributed by atoms with Gasteiger partial charge in [0.15, 0.2) is 5.78 Å². The molecule has 30 heavy (non-hydrogen) atoms. The van der Waals surface area contributed by atoms with Crippen LogP contribution in [0.15, 0.2) is 42.7 Å². The highest BCUT2D eigenvalue weighted by Crippen LogP contribution is 2.13. The Bertz CT molecular complexity index is 835. The number of hydrogen-bond acceptors (Lipinski definition) is 5. The van der Waals surface area contributed by atoms with Crippen LogP contribution in [0.1, 0.15) is 72.9 Å². The first-order valence-corrected chi connectivity index (χ1v) is 10.4. The zero-order valence-electron chi connectivity index (χ0n) is 19.7. The van der Waals surface area contributed by atoms with Gasteiger partial charge < -0.3 is 20.9 Å². The standard InChI is InChI=1S/2C9H10N2O.3C2H6.2H2/c1-12-6-8-4-7-2-3-10-5-9(7)11-8;1-6(12)7-2-3-8(5-10)9(11)4-7;3*1-2;;/h2-5,11H,6H2,1H3;2-5,10H,11H2,1H3;3*1-2H3;2*1H. The Morgan fingerprint density at radius 1 is 1.17 bits per heavy atom. The van der Waals surface area contributed by atoms with E-state index >= 15 is 0 Å². The molecule has 0 bridgehead atoms. The molecule has 0 amide bonds. The number of pyridine rings is 1. The van der Waals surface area contributed by atoms with Crippen LogP contribution in [0.2, 0.25) is 0 Å². The van der Waals surface area contributed by atoms with E-state index in [2.05, 4.69) is 16.0 Å². The molecule has 0 unspecified atom stereocenters. The molecule has 0 saturated heterocycles. The van der Waals surface area contributed by atoms with Gasteiger partial charge in [0, 0.05) is 50.3 Å². The summed E-state index contributed by atoms with van der Waals surface area (Å²) >= 11 is 0. The van der Waals surface area contributed by atoms with Crippen LogP contribution in [0.25, 0.3) is 10.9 Å². The summed E-state index contributed by atoms with van der Waals surface area (Å²) in [6.07, 6.45) is 4.76. The number of ketones is 1. The number of methoxy groups -OCH3 is 1. The number of rotatable bonds is 4. The summed E-state index contributed by atoms with van der Waals surface area (Å²) in [6.45, 7) is 14.1. The lowest BCUT2D eigenvalue weighted by Crippen LogP contribution is -1.97. The number of anilines is 1. The second kappa shape index (κ2) is 18.1. The van der Waals surface area contributed by atoms with Gasteiger partial charge in [0.25, 0.3) is 0 Å². The van der Waals surface area contributed by atoms with E-state index in [4.69, 9.17) is 15.9 Å². The third-order valence-corrected chi connectivity index (χ3v) is 3.43. The summed E-state index contributed by atoms with van der Waals surface area (Å²) in [5.41, 5.74) is 9.40. The van der Waals surface area contributed by atoms with Gasteiger partial charge >= 0.3 is 0 Å². The molecule has 0 spiro atoms. The summed E-state index contributed by atoms with van der Waals surface area (Å²) in [5, 5.41) is 8.15. The van der Waals surface area contributed by atoms with Crippen LogP contribution in [-0.2, 0) is 11.3 Å². The molecule has 0 fully saturated rings. The molecule has 0 saturated carbocycles. The Kier molecular flexibility index (Phi) is 17.6. The number of nitrogens with one attached hydrogen (secondary N) is 2. The van der Waals surface area contributed by atoms with Crippen molar-refractivity contribution in [1.82, 2.24) is 9.97 Å². The summed E-state index contributed by atoms with van der Waals surface area (Å²) < 4.78 is 5.01. The predicted molar refractivity (Wildman–Crippen MR) is 134 cm³/mol. The maximum Gasteiger partial charge on any atom is 0.159 e. The van der Waals surface area contributed by atoms with E-state index in [9.17, 15) is 4.79 Å². The molecular formula is C24H42N4O2. The van der Waals surface area contributed by atoms with Crippen molar-refractivity contribution in [2.45, 2.75) is 55.1 Å². The lowest BCUT2D eigenvalue weighted by atomic mass is 10.1. The van der Waals surface area contributed by atoms with Crippen molar-refractivity contribution in [2.75, 3.05) is 12.8 Å². The Balaban J connectivity index is -0.000000189. The number of carbonyl (C=O) groups is 1. The number of nitrogen functional groups attached to an aromatic ring is 1. The number of fused-ring (bicyclic) bond motifs is 1. The fourth-order valence-electron chi connectivity index (χ4n) is 2.19. The number of Topliss-reactive ketones (excluding diaryl/α,β-unsaturated/α-hetero) is 1. The first kappa shape index (κ1) is 29.2. The molecule has 0 aliphatic carbocycles. The highest BCUT2D eigenvalue weighted by atomic mass is 16.5. The van der Waals surface area contributed by atoms with Gasteiger partial charge in [-0.2, -0.15) is 0 Å². The lowest BCUT2D eigenvalue weighted by Gasteiger charge is -2.00. The molecule has 6 heteroatoms. The summed E-state index contributed by atoms with van der Waals surface area (Å²) in [4.78, 5) is 18.1. The molecule has 3 rings (SSSR count). The minimum absolute atomic E-state index is 0. The minimum atomic E-state index is -0.0155. The van der Waals surface area contributed by atoms with Crippen molar-refractivity contribution in [1.29, 1.82) is 5.41 Å². The van der Waals surface area contributed by atoms with Gasteiger partial charge in [0.1, 0.15) is 0 Å². The van der Waals surface area contributed by atoms with Gasteiger partial charge in [0.2, 0.25) is 0 Å². The van der Waals surface area contributed by atoms with E-state index in [0.717, 1.165) is 11.2 Å². The van der Waals surface area contributed by atoms with Crippen LogP contribution < -0.4 is 5.73 Å². The highest BCUT2D eigenvalue weighted by molar-refractivity contribution is 5.97. The Morgan fingerprint density at radius 2 is 1.80 bits per heavy atom. The molecule has 1 aromatic carbocycles. The molecule has 0 aliphatic rings. The van der Waals surface area contributed by atoms with E-state index in [1.54, 1.807) is 31.5 Å². The Labute approximate surface area is 184 Å². The van der Waals surface area contributed by atoms with Gasteiger partial charge in [0.05, 0.1) is 18.3 Å². The maximum atomic E-state index is 10.9. The Hall–Kier alpha value is -2.99. The molecule has 6 nitrogen and oxygen atoms in total. The van der Waals surface area contributed by atoms with Crippen LogP contribution in [0.4, 0.5) is 5.69 Å². The topological polar surface area (TPSA) is 105 Å². The molecule has 2 heterocycles. The van der Waals surface area contributed by atoms with Crippen LogP contribution in [-0.4, -0.2) is 29.1 Å². The van der Waals surface area contributed by atoms with E-state index in [1.165, 1.54) is 18.5 Å². The van der Waals surface area contributed by atoms with Gasteiger partial charge in [-0.25, -0.2) is 0 Å². The van der Waals surface area contributed by atoms with Crippen LogP contribution in [0.3, 0.4) is 0 Å². The molecule has 4 N–H and O–H groups in total. The average molecular weight is 419 g/mol. The molecule has 2 aromatic heterocycles. The number of ether oxygens (including phenoxy) is 1. The number of hydrogen-bond donors (Lipinski definition) is 3. The summed E-state index contributed by atoms with van der Waals surface area (Å²) in [7, 11) is 1.68. The second-order valence-corrected chi connectivity index (χ2v) is 5.23. The third-order valence-electron chi connectivity index (χ3n) is 3.43.